The number of rotatable bonds is 2. The van der Waals surface area contributed by atoms with Gasteiger partial charge in [-0.25, -0.2) is 0 Å². The van der Waals surface area contributed by atoms with Gasteiger partial charge in [0.1, 0.15) is 17.2 Å². The Hall–Kier alpha value is -1.71. The molecule has 4 heteroatoms. The summed E-state index contributed by atoms with van der Waals surface area (Å²) >= 11 is 5.75. The first-order chi connectivity index (χ1) is 8.65. The quantitative estimate of drug-likeness (QED) is 0.889. The molecule has 0 atom stereocenters. The van der Waals surface area contributed by atoms with Gasteiger partial charge < -0.3 is 14.6 Å². The van der Waals surface area contributed by atoms with Crippen molar-refractivity contribution in [1.82, 2.24) is 0 Å². The second-order valence-corrected chi connectivity index (χ2v) is 3.89. The molecule has 0 saturated heterocycles. The molecule has 2 aromatic carbocycles. The number of benzene rings is 2. The van der Waals surface area contributed by atoms with Crippen LogP contribution in [-0.2, 0) is 4.74 Å². The van der Waals surface area contributed by atoms with Crippen LogP contribution in [0, 0.1) is 0 Å². The van der Waals surface area contributed by atoms with E-state index in [0.717, 1.165) is 0 Å². The first-order valence-electron chi connectivity index (χ1n) is 5.28. The molecule has 0 saturated carbocycles. The van der Waals surface area contributed by atoms with Crippen molar-refractivity contribution in [3.63, 3.8) is 0 Å². The van der Waals surface area contributed by atoms with Gasteiger partial charge in [-0.2, -0.15) is 0 Å². The summed E-state index contributed by atoms with van der Waals surface area (Å²) < 4.78 is 9.77. The van der Waals surface area contributed by atoms with E-state index in [1.165, 1.54) is 0 Å². The van der Waals surface area contributed by atoms with E-state index in [1.807, 2.05) is 0 Å². The van der Waals surface area contributed by atoms with Crippen molar-refractivity contribution in [2.45, 2.75) is 0 Å². The summed E-state index contributed by atoms with van der Waals surface area (Å²) in [6.07, 6.45) is 0. The molecule has 0 amide bonds. The maximum Gasteiger partial charge on any atom is 0.127 e. The van der Waals surface area contributed by atoms with E-state index in [9.17, 15) is 0 Å². The van der Waals surface area contributed by atoms with E-state index in [0.29, 0.717) is 16.5 Å². The predicted octanol–water partition coefficient (Wildman–Crippen LogP) is 4.10. The highest BCUT2D eigenvalue weighted by Crippen LogP contribution is 2.24. The van der Waals surface area contributed by atoms with E-state index < -0.39 is 0 Å². The maximum atomic E-state index is 9.09. The molecule has 0 unspecified atom stereocenters. The second-order valence-electron chi connectivity index (χ2n) is 3.46. The molecule has 0 spiro atoms. The van der Waals surface area contributed by atoms with Crippen LogP contribution < -0.4 is 4.74 Å². The van der Waals surface area contributed by atoms with Gasteiger partial charge in [-0.05, 0) is 48.5 Å². The van der Waals surface area contributed by atoms with Crippen LogP contribution in [0.25, 0.3) is 0 Å². The number of aromatic hydroxyl groups is 1. The van der Waals surface area contributed by atoms with Crippen LogP contribution in [0.5, 0.6) is 17.2 Å². The third kappa shape index (κ3) is 5.08. The summed E-state index contributed by atoms with van der Waals surface area (Å²) in [4.78, 5) is 0. The fraction of sp³-hybridized carbons (Fsp3) is 0.143. The number of phenols is 1. The average molecular weight is 267 g/mol. The van der Waals surface area contributed by atoms with Crippen molar-refractivity contribution in [3.05, 3.63) is 53.6 Å². The van der Waals surface area contributed by atoms with Crippen molar-refractivity contribution >= 4 is 11.6 Å². The third-order valence-electron chi connectivity index (χ3n) is 1.89. The Morgan fingerprint density at radius 3 is 1.67 bits per heavy atom. The van der Waals surface area contributed by atoms with Gasteiger partial charge in [-0.1, -0.05) is 11.6 Å². The Balaban J connectivity index is 0.000000492. The zero-order chi connectivity index (χ0) is 13.4. The maximum absolute atomic E-state index is 9.09. The monoisotopic (exact) mass is 266 g/mol. The fourth-order valence-electron chi connectivity index (χ4n) is 1.15. The summed E-state index contributed by atoms with van der Waals surface area (Å²) in [6, 6.07) is 13.6. The molecular weight excluding hydrogens is 252 g/mol. The minimum atomic E-state index is 0.221. The van der Waals surface area contributed by atoms with Crippen LogP contribution in [0.3, 0.4) is 0 Å². The Morgan fingerprint density at radius 2 is 1.22 bits per heavy atom. The third-order valence-corrected chi connectivity index (χ3v) is 2.14. The van der Waals surface area contributed by atoms with E-state index in [-0.39, 0.29) is 5.75 Å². The highest BCUT2D eigenvalue weighted by molar-refractivity contribution is 6.30. The molecule has 0 radical (unpaired) electrons. The van der Waals surface area contributed by atoms with E-state index in [4.69, 9.17) is 21.4 Å². The van der Waals surface area contributed by atoms with E-state index >= 15 is 0 Å². The van der Waals surface area contributed by atoms with Gasteiger partial charge in [-0.15, -0.1) is 0 Å². The molecular formula is C14H15ClO3. The van der Waals surface area contributed by atoms with Gasteiger partial charge in [0.2, 0.25) is 0 Å². The van der Waals surface area contributed by atoms with Gasteiger partial charge in [0.15, 0.2) is 0 Å². The minimum Gasteiger partial charge on any atom is -0.508 e. The molecule has 1 N–H and O–H groups in total. The zero-order valence-corrected chi connectivity index (χ0v) is 11.0. The first-order valence-corrected chi connectivity index (χ1v) is 5.66. The van der Waals surface area contributed by atoms with E-state index in [1.54, 1.807) is 62.8 Å². The normalized spacial score (nSPS) is 9.28. The van der Waals surface area contributed by atoms with E-state index in [2.05, 4.69) is 4.74 Å². The molecule has 0 heterocycles. The Kier molecular flexibility index (Phi) is 6.05. The summed E-state index contributed by atoms with van der Waals surface area (Å²) in [5.74, 6) is 1.61. The Bertz CT molecular complexity index is 408. The highest BCUT2D eigenvalue weighted by atomic mass is 35.5. The smallest absolute Gasteiger partial charge is 0.127 e. The molecule has 3 nitrogen and oxygen atoms in total. The number of hydrogen-bond acceptors (Lipinski definition) is 3. The van der Waals surface area contributed by atoms with Crippen molar-refractivity contribution in [2.75, 3.05) is 14.2 Å². The molecule has 0 aliphatic rings. The molecule has 0 aliphatic carbocycles. The van der Waals surface area contributed by atoms with Crippen LogP contribution in [0.4, 0.5) is 0 Å². The van der Waals surface area contributed by atoms with Crippen molar-refractivity contribution in [2.24, 2.45) is 0 Å². The number of methoxy groups -OCH3 is 1. The molecule has 2 aromatic rings. The molecule has 2 rings (SSSR count). The topological polar surface area (TPSA) is 38.7 Å². The fourth-order valence-corrected chi connectivity index (χ4v) is 1.28. The number of halogens is 1. The lowest BCUT2D eigenvalue weighted by Gasteiger charge is -2.05. The van der Waals surface area contributed by atoms with Gasteiger partial charge >= 0.3 is 0 Å². The second kappa shape index (κ2) is 7.58. The summed E-state index contributed by atoms with van der Waals surface area (Å²) in [5.41, 5.74) is 0. The molecule has 0 aromatic heterocycles. The lowest BCUT2D eigenvalue weighted by molar-refractivity contribution is 0.277. The van der Waals surface area contributed by atoms with Crippen LogP contribution in [0.15, 0.2) is 48.5 Å². The van der Waals surface area contributed by atoms with Gasteiger partial charge in [0.25, 0.3) is 0 Å². The van der Waals surface area contributed by atoms with Gasteiger partial charge in [-0.3, -0.25) is 0 Å². The average Bonchev–Trinajstić information content (AvgIpc) is 2.36. The summed E-state index contributed by atoms with van der Waals surface area (Å²) in [5, 5.41) is 9.76. The lowest BCUT2D eigenvalue weighted by Crippen LogP contribution is -1.82. The predicted molar refractivity (Wildman–Crippen MR) is 72.6 cm³/mol. The zero-order valence-electron chi connectivity index (χ0n) is 10.3. The Labute approximate surface area is 112 Å². The Morgan fingerprint density at radius 1 is 0.833 bits per heavy atom. The van der Waals surface area contributed by atoms with Gasteiger partial charge in [0, 0.05) is 19.2 Å². The van der Waals surface area contributed by atoms with Crippen LogP contribution in [-0.4, -0.2) is 19.3 Å². The lowest BCUT2D eigenvalue weighted by atomic mass is 10.3. The molecule has 0 bridgehead atoms. The van der Waals surface area contributed by atoms with Crippen LogP contribution in [0.1, 0.15) is 0 Å². The standard InChI is InChI=1S/C12H9ClO2.C2H6O/c13-9-1-5-11(6-2-9)15-12-7-3-10(14)4-8-12;1-3-2/h1-8,14H;1-2H3. The van der Waals surface area contributed by atoms with Gasteiger partial charge in [0.05, 0.1) is 0 Å². The highest BCUT2D eigenvalue weighted by Gasteiger charge is 1.96. The van der Waals surface area contributed by atoms with Crippen molar-refractivity contribution in [1.29, 1.82) is 0 Å². The van der Waals surface area contributed by atoms with Crippen molar-refractivity contribution in [3.8, 4) is 17.2 Å². The number of phenolic OH excluding ortho intramolecular Hbond substituents is 1. The molecule has 0 aliphatic heterocycles. The molecule has 96 valence electrons. The summed E-state index contributed by atoms with van der Waals surface area (Å²) in [6.45, 7) is 0. The number of ether oxygens (including phenoxy) is 2. The SMILES string of the molecule is COC.Oc1ccc(Oc2ccc(Cl)cc2)cc1. The number of hydrogen-bond donors (Lipinski definition) is 1. The minimum absolute atomic E-state index is 0.221. The largest absolute Gasteiger partial charge is 0.508 e. The summed E-state index contributed by atoms with van der Waals surface area (Å²) in [7, 11) is 3.25. The van der Waals surface area contributed by atoms with Crippen molar-refractivity contribution < 1.29 is 14.6 Å². The first kappa shape index (κ1) is 14.4. The molecule has 18 heavy (non-hydrogen) atoms. The molecule has 0 fully saturated rings. The van der Waals surface area contributed by atoms with Crippen LogP contribution in [0.2, 0.25) is 5.02 Å². The van der Waals surface area contributed by atoms with Crippen LogP contribution >= 0.6 is 11.6 Å².